The number of nitrogens with zero attached hydrogens (tertiary/aromatic N) is 3. The summed E-state index contributed by atoms with van der Waals surface area (Å²) >= 11 is 6.40. The Labute approximate surface area is 132 Å². The third-order valence-corrected chi connectivity index (χ3v) is 4.81. The second kappa shape index (κ2) is 7.58. The predicted octanol–water partition coefficient (Wildman–Crippen LogP) is 2.43. The van der Waals surface area contributed by atoms with Crippen LogP contribution in [0.2, 0.25) is 5.02 Å². The molecule has 3 unspecified atom stereocenters. The second-order valence-electron chi connectivity index (χ2n) is 6.58. The van der Waals surface area contributed by atoms with E-state index in [-0.39, 0.29) is 6.04 Å². The average Bonchev–Trinajstić information content (AvgIpc) is 2.79. The molecule has 5 nitrogen and oxygen atoms in total. The molecule has 0 spiro atoms. The topological polar surface area (TPSA) is 59.1 Å². The van der Waals surface area contributed by atoms with Crippen molar-refractivity contribution in [3.05, 3.63) is 16.9 Å². The van der Waals surface area contributed by atoms with E-state index < -0.39 is 0 Å². The van der Waals surface area contributed by atoms with Crippen molar-refractivity contribution >= 4 is 11.6 Å². The summed E-state index contributed by atoms with van der Waals surface area (Å²) in [5.41, 5.74) is 4.05. The first kappa shape index (κ1) is 16.7. The molecule has 6 heteroatoms. The summed E-state index contributed by atoms with van der Waals surface area (Å²) in [6, 6.07) is 0.0879. The number of likely N-dealkylation sites (N-methyl/N-ethyl adjacent to an activating group) is 1. The Morgan fingerprint density at radius 3 is 2.90 bits per heavy atom. The Hall–Kier alpha value is -0.620. The molecule has 3 atom stereocenters. The van der Waals surface area contributed by atoms with Gasteiger partial charge in [0.1, 0.15) is 0 Å². The lowest BCUT2D eigenvalue weighted by molar-refractivity contribution is 0.216. The third kappa shape index (κ3) is 4.19. The first-order valence-electron chi connectivity index (χ1n) is 7.85. The molecule has 0 amide bonds. The van der Waals surface area contributed by atoms with E-state index in [1.165, 1.54) is 25.7 Å². The van der Waals surface area contributed by atoms with Crippen molar-refractivity contribution in [1.82, 2.24) is 20.1 Å². The Morgan fingerprint density at radius 2 is 2.29 bits per heavy atom. The Kier molecular flexibility index (Phi) is 6.05. The van der Waals surface area contributed by atoms with Crippen molar-refractivity contribution < 1.29 is 0 Å². The molecule has 1 aromatic heterocycles. The summed E-state index contributed by atoms with van der Waals surface area (Å²) in [4.78, 5) is 2.15. The molecule has 2 rings (SSSR count). The monoisotopic (exact) mass is 313 g/mol. The Morgan fingerprint density at radius 1 is 1.52 bits per heavy atom. The van der Waals surface area contributed by atoms with Crippen molar-refractivity contribution in [1.29, 1.82) is 0 Å². The molecule has 1 aliphatic rings. The zero-order valence-corrected chi connectivity index (χ0v) is 14.1. The number of nitrogens with one attached hydrogen (secondary N) is 1. The van der Waals surface area contributed by atoms with Crippen LogP contribution in [0, 0.1) is 11.8 Å². The molecule has 120 valence electrons. The van der Waals surface area contributed by atoms with Gasteiger partial charge in [-0.1, -0.05) is 31.4 Å². The fourth-order valence-corrected chi connectivity index (χ4v) is 3.63. The molecule has 1 aromatic rings. The Bertz CT molecular complexity index is 445. The van der Waals surface area contributed by atoms with E-state index in [1.54, 1.807) is 6.20 Å². The van der Waals surface area contributed by atoms with Gasteiger partial charge in [0.05, 0.1) is 29.5 Å². The quantitative estimate of drug-likeness (QED) is 0.625. The van der Waals surface area contributed by atoms with Crippen LogP contribution in [0.4, 0.5) is 0 Å². The van der Waals surface area contributed by atoms with Gasteiger partial charge in [-0.2, -0.15) is 5.10 Å². The van der Waals surface area contributed by atoms with Gasteiger partial charge in [0.25, 0.3) is 0 Å². The van der Waals surface area contributed by atoms with Gasteiger partial charge in [0.15, 0.2) is 0 Å². The van der Waals surface area contributed by atoms with E-state index in [4.69, 9.17) is 17.4 Å². The summed E-state index contributed by atoms with van der Waals surface area (Å²) in [6.45, 7) is 4.09. The number of halogens is 1. The first-order valence-corrected chi connectivity index (χ1v) is 8.22. The second-order valence-corrected chi connectivity index (χ2v) is 6.99. The highest BCUT2D eigenvalue weighted by Crippen LogP contribution is 2.38. The van der Waals surface area contributed by atoms with Gasteiger partial charge in [0, 0.05) is 6.54 Å². The van der Waals surface area contributed by atoms with E-state index in [1.807, 2.05) is 4.68 Å². The van der Waals surface area contributed by atoms with Crippen LogP contribution in [0.5, 0.6) is 0 Å². The molecule has 0 aliphatic heterocycles. The summed E-state index contributed by atoms with van der Waals surface area (Å²) in [5, 5.41) is 5.15. The molecular weight excluding hydrogens is 286 g/mol. The molecule has 21 heavy (non-hydrogen) atoms. The van der Waals surface area contributed by atoms with E-state index in [0.29, 0.717) is 5.92 Å². The van der Waals surface area contributed by atoms with Gasteiger partial charge in [-0.25, -0.2) is 0 Å². The van der Waals surface area contributed by atoms with Crippen LogP contribution in [0.1, 0.15) is 44.3 Å². The van der Waals surface area contributed by atoms with E-state index in [0.717, 1.165) is 29.7 Å². The summed E-state index contributed by atoms with van der Waals surface area (Å²) in [6.07, 6.45) is 6.73. The van der Waals surface area contributed by atoms with E-state index in [9.17, 15) is 0 Å². The SMILES string of the molecule is CC1CCCC(C(NN)c2c(Cl)cnn2CCN(C)C)C1. The number of hydrogen-bond donors (Lipinski definition) is 2. The van der Waals surface area contributed by atoms with Gasteiger partial charge in [-0.05, 0) is 38.8 Å². The van der Waals surface area contributed by atoms with Crippen LogP contribution in [0.3, 0.4) is 0 Å². The van der Waals surface area contributed by atoms with Crippen LogP contribution in [0.15, 0.2) is 6.20 Å². The van der Waals surface area contributed by atoms with Gasteiger partial charge >= 0.3 is 0 Å². The number of rotatable bonds is 6. The average molecular weight is 314 g/mol. The predicted molar refractivity (Wildman–Crippen MR) is 87.0 cm³/mol. The van der Waals surface area contributed by atoms with Crippen molar-refractivity contribution in [2.24, 2.45) is 17.7 Å². The van der Waals surface area contributed by atoms with Crippen molar-refractivity contribution in [3.63, 3.8) is 0 Å². The lowest BCUT2D eigenvalue weighted by Crippen LogP contribution is -2.37. The third-order valence-electron chi connectivity index (χ3n) is 4.51. The van der Waals surface area contributed by atoms with E-state index >= 15 is 0 Å². The highest BCUT2D eigenvalue weighted by Gasteiger charge is 2.31. The molecule has 1 fully saturated rings. The molecule has 1 saturated carbocycles. The maximum atomic E-state index is 6.40. The smallest absolute Gasteiger partial charge is 0.0834 e. The first-order chi connectivity index (χ1) is 10.0. The molecule has 1 aliphatic carbocycles. The molecule has 0 aromatic carbocycles. The lowest BCUT2D eigenvalue weighted by Gasteiger charge is -2.33. The van der Waals surface area contributed by atoms with E-state index in [2.05, 4.69) is 36.4 Å². The lowest BCUT2D eigenvalue weighted by atomic mass is 9.78. The number of hydrazine groups is 1. The molecule has 0 radical (unpaired) electrons. The minimum atomic E-state index is 0.0879. The standard InChI is InChI=1S/C15H28ClN5/c1-11-5-4-6-12(9-11)14(19-17)15-13(16)10-18-21(15)8-7-20(2)3/h10-12,14,19H,4-9,17H2,1-3H3. The minimum absolute atomic E-state index is 0.0879. The normalized spacial score (nSPS) is 24.5. The molecule has 0 bridgehead atoms. The van der Waals surface area contributed by atoms with Crippen LogP contribution < -0.4 is 11.3 Å². The summed E-state index contributed by atoms with van der Waals surface area (Å²) in [7, 11) is 4.12. The summed E-state index contributed by atoms with van der Waals surface area (Å²) in [5.74, 6) is 7.17. The zero-order valence-electron chi connectivity index (χ0n) is 13.3. The summed E-state index contributed by atoms with van der Waals surface area (Å²) < 4.78 is 2.01. The fraction of sp³-hybridized carbons (Fsp3) is 0.800. The van der Waals surface area contributed by atoms with Gasteiger partial charge in [0.2, 0.25) is 0 Å². The molecule has 1 heterocycles. The highest BCUT2D eigenvalue weighted by molar-refractivity contribution is 6.31. The van der Waals surface area contributed by atoms with Crippen LogP contribution in [-0.2, 0) is 6.54 Å². The maximum absolute atomic E-state index is 6.40. The number of hydrogen-bond acceptors (Lipinski definition) is 4. The molecule has 0 saturated heterocycles. The fourth-order valence-electron chi connectivity index (χ4n) is 3.38. The molecule has 3 N–H and O–H groups in total. The zero-order chi connectivity index (χ0) is 15.4. The van der Waals surface area contributed by atoms with Gasteiger partial charge in [-0.3, -0.25) is 16.0 Å². The van der Waals surface area contributed by atoms with Gasteiger partial charge in [-0.15, -0.1) is 0 Å². The van der Waals surface area contributed by atoms with Crippen LogP contribution in [0.25, 0.3) is 0 Å². The van der Waals surface area contributed by atoms with Crippen LogP contribution in [-0.4, -0.2) is 35.3 Å². The Balaban J connectivity index is 2.18. The highest BCUT2D eigenvalue weighted by atomic mass is 35.5. The van der Waals surface area contributed by atoms with Gasteiger partial charge < -0.3 is 4.90 Å². The largest absolute Gasteiger partial charge is 0.308 e. The maximum Gasteiger partial charge on any atom is 0.0834 e. The number of nitrogens with two attached hydrogens (primary N) is 1. The number of aromatic nitrogens is 2. The molecular formula is C15H28ClN5. The van der Waals surface area contributed by atoms with Crippen molar-refractivity contribution in [2.75, 3.05) is 20.6 Å². The van der Waals surface area contributed by atoms with Crippen molar-refractivity contribution in [2.45, 2.75) is 45.2 Å². The minimum Gasteiger partial charge on any atom is -0.308 e. The van der Waals surface area contributed by atoms with Crippen molar-refractivity contribution in [3.8, 4) is 0 Å². The van der Waals surface area contributed by atoms with Crippen LogP contribution >= 0.6 is 11.6 Å².